The molecule has 6 nitrogen and oxygen atoms in total. The molecule has 1 heterocycles. The molecular formula is C24H24N4O2. The molecule has 4 rings (SSSR count). The summed E-state index contributed by atoms with van der Waals surface area (Å²) in [5.41, 5.74) is 5.40. The number of phenols is 1. The zero-order chi connectivity index (χ0) is 21.3. The van der Waals surface area contributed by atoms with E-state index in [4.69, 9.17) is 0 Å². The van der Waals surface area contributed by atoms with Gasteiger partial charge in [-0.3, -0.25) is 4.79 Å². The van der Waals surface area contributed by atoms with Crippen LogP contribution >= 0.6 is 0 Å². The lowest BCUT2D eigenvalue weighted by atomic mass is 10.0. The SMILES string of the molecule is CCc1ccc2nn(-c3ccc(NC(=O)c4ccc(C(C)C)cc4)cc3O)nc2c1. The molecule has 0 unspecified atom stereocenters. The Balaban J connectivity index is 1.55. The highest BCUT2D eigenvalue weighted by Crippen LogP contribution is 2.26. The summed E-state index contributed by atoms with van der Waals surface area (Å²) in [6.45, 7) is 6.31. The minimum absolute atomic E-state index is 0.0148. The Bertz CT molecular complexity index is 1210. The van der Waals surface area contributed by atoms with Crippen molar-refractivity contribution in [2.24, 2.45) is 0 Å². The molecule has 152 valence electrons. The van der Waals surface area contributed by atoms with E-state index in [2.05, 4.69) is 36.3 Å². The number of hydrogen-bond donors (Lipinski definition) is 2. The molecule has 0 bridgehead atoms. The number of amides is 1. The highest BCUT2D eigenvalue weighted by molar-refractivity contribution is 6.04. The zero-order valence-electron chi connectivity index (χ0n) is 17.3. The molecule has 0 spiro atoms. The third-order valence-electron chi connectivity index (χ3n) is 5.14. The van der Waals surface area contributed by atoms with Crippen molar-refractivity contribution in [1.82, 2.24) is 15.0 Å². The molecule has 0 saturated heterocycles. The summed E-state index contributed by atoms with van der Waals surface area (Å²) in [6.07, 6.45) is 0.919. The average Bonchev–Trinajstić information content (AvgIpc) is 3.16. The molecule has 0 aliphatic rings. The molecule has 0 saturated carbocycles. The number of anilines is 1. The van der Waals surface area contributed by atoms with Crippen molar-refractivity contribution in [3.63, 3.8) is 0 Å². The lowest BCUT2D eigenvalue weighted by Crippen LogP contribution is -2.12. The number of fused-ring (bicyclic) bond motifs is 1. The fraction of sp³-hybridized carbons (Fsp3) is 0.208. The van der Waals surface area contributed by atoms with Crippen LogP contribution in [0.5, 0.6) is 5.75 Å². The Morgan fingerprint density at radius 1 is 1.00 bits per heavy atom. The van der Waals surface area contributed by atoms with Gasteiger partial charge in [0, 0.05) is 17.3 Å². The first-order valence-corrected chi connectivity index (χ1v) is 10.1. The third kappa shape index (κ3) is 3.89. The van der Waals surface area contributed by atoms with Crippen LogP contribution in [0.25, 0.3) is 16.7 Å². The maximum absolute atomic E-state index is 12.5. The van der Waals surface area contributed by atoms with E-state index in [0.717, 1.165) is 17.5 Å². The molecule has 1 amide bonds. The Kier molecular flexibility index (Phi) is 5.23. The summed E-state index contributed by atoms with van der Waals surface area (Å²) in [5.74, 6) is 0.166. The van der Waals surface area contributed by atoms with E-state index in [0.29, 0.717) is 22.9 Å². The van der Waals surface area contributed by atoms with Crippen molar-refractivity contribution in [1.29, 1.82) is 0 Å². The molecule has 0 fully saturated rings. The highest BCUT2D eigenvalue weighted by Gasteiger charge is 2.12. The van der Waals surface area contributed by atoms with Gasteiger partial charge in [-0.05, 0) is 59.9 Å². The summed E-state index contributed by atoms with van der Waals surface area (Å²) in [4.78, 5) is 13.9. The normalized spacial score (nSPS) is 11.2. The average molecular weight is 400 g/mol. The van der Waals surface area contributed by atoms with E-state index in [-0.39, 0.29) is 11.7 Å². The van der Waals surface area contributed by atoms with E-state index in [1.54, 1.807) is 12.1 Å². The molecule has 0 aliphatic carbocycles. The van der Waals surface area contributed by atoms with E-state index < -0.39 is 0 Å². The smallest absolute Gasteiger partial charge is 0.255 e. The molecule has 2 N–H and O–H groups in total. The van der Waals surface area contributed by atoms with Crippen molar-refractivity contribution in [2.45, 2.75) is 33.1 Å². The number of nitrogens with one attached hydrogen (secondary N) is 1. The summed E-state index contributed by atoms with van der Waals surface area (Å²) < 4.78 is 0. The van der Waals surface area contributed by atoms with Gasteiger partial charge in [-0.1, -0.05) is 39.0 Å². The summed E-state index contributed by atoms with van der Waals surface area (Å²) in [7, 11) is 0. The number of aromatic nitrogens is 3. The number of aryl methyl sites for hydroxylation is 1. The number of carbonyl (C=O) groups is 1. The van der Waals surface area contributed by atoms with Crippen LogP contribution in [-0.2, 0) is 6.42 Å². The topological polar surface area (TPSA) is 80.0 Å². The van der Waals surface area contributed by atoms with Crippen molar-refractivity contribution >= 4 is 22.6 Å². The minimum Gasteiger partial charge on any atom is -0.506 e. The van der Waals surface area contributed by atoms with Crippen LogP contribution in [0.3, 0.4) is 0 Å². The van der Waals surface area contributed by atoms with E-state index in [9.17, 15) is 9.90 Å². The molecule has 0 aliphatic heterocycles. The number of nitrogens with zero attached hydrogens (tertiary/aromatic N) is 3. The predicted molar refractivity (Wildman–Crippen MR) is 118 cm³/mol. The van der Waals surface area contributed by atoms with Crippen LogP contribution < -0.4 is 5.32 Å². The number of phenolic OH excluding ortho intramolecular Hbond substituents is 1. The molecule has 0 atom stereocenters. The summed E-state index contributed by atoms with van der Waals surface area (Å²) in [5, 5.41) is 22.2. The van der Waals surface area contributed by atoms with Crippen LogP contribution in [0.4, 0.5) is 5.69 Å². The largest absolute Gasteiger partial charge is 0.506 e. The quantitative estimate of drug-likeness (QED) is 0.490. The lowest BCUT2D eigenvalue weighted by molar-refractivity contribution is 0.102. The first-order valence-electron chi connectivity index (χ1n) is 10.1. The van der Waals surface area contributed by atoms with Gasteiger partial charge in [0.05, 0.1) is 0 Å². The maximum atomic E-state index is 12.5. The fourth-order valence-corrected chi connectivity index (χ4v) is 3.28. The van der Waals surface area contributed by atoms with Gasteiger partial charge < -0.3 is 10.4 Å². The highest BCUT2D eigenvalue weighted by atomic mass is 16.3. The summed E-state index contributed by atoms with van der Waals surface area (Å²) >= 11 is 0. The molecule has 6 heteroatoms. The van der Waals surface area contributed by atoms with Gasteiger partial charge in [0.25, 0.3) is 5.91 Å². The molecule has 3 aromatic carbocycles. The zero-order valence-corrected chi connectivity index (χ0v) is 17.3. The van der Waals surface area contributed by atoms with Crippen molar-refractivity contribution in [3.8, 4) is 11.4 Å². The van der Waals surface area contributed by atoms with E-state index >= 15 is 0 Å². The van der Waals surface area contributed by atoms with Gasteiger partial charge in [0.2, 0.25) is 0 Å². The minimum atomic E-state index is -0.229. The van der Waals surface area contributed by atoms with Crippen LogP contribution in [0.2, 0.25) is 0 Å². The van der Waals surface area contributed by atoms with E-state index in [1.807, 2.05) is 42.5 Å². The molecular weight excluding hydrogens is 376 g/mol. The second-order valence-corrected chi connectivity index (χ2v) is 7.60. The van der Waals surface area contributed by atoms with Crippen LogP contribution in [0.15, 0.2) is 60.7 Å². The number of benzene rings is 3. The van der Waals surface area contributed by atoms with Crippen molar-refractivity contribution < 1.29 is 9.90 Å². The van der Waals surface area contributed by atoms with Crippen molar-refractivity contribution in [3.05, 3.63) is 77.4 Å². The number of carbonyl (C=O) groups excluding carboxylic acids is 1. The number of rotatable bonds is 5. The fourth-order valence-electron chi connectivity index (χ4n) is 3.28. The Hall–Kier alpha value is -3.67. The van der Waals surface area contributed by atoms with Gasteiger partial charge in [0.15, 0.2) is 0 Å². The Morgan fingerprint density at radius 2 is 1.73 bits per heavy atom. The van der Waals surface area contributed by atoms with Gasteiger partial charge in [-0.2, -0.15) is 0 Å². The second kappa shape index (κ2) is 7.99. The Labute approximate surface area is 175 Å². The molecule has 0 radical (unpaired) electrons. The van der Waals surface area contributed by atoms with E-state index in [1.165, 1.54) is 22.0 Å². The molecule has 30 heavy (non-hydrogen) atoms. The third-order valence-corrected chi connectivity index (χ3v) is 5.14. The van der Waals surface area contributed by atoms with Crippen LogP contribution in [0, 0.1) is 0 Å². The van der Waals surface area contributed by atoms with Crippen LogP contribution in [0.1, 0.15) is 48.2 Å². The summed E-state index contributed by atoms with van der Waals surface area (Å²) in [6, 6.07) is 18.4. The monoisotopic (exact) mass is 400 g/mol. The first kappa shape index (κ1) is 19.6. The van der Waals surface area contributed by atoms with Gasteiger partial charge >= 0.3 is 0 Å². The number of aromatic hydroxyl groups is 1. The first-order chi connectivity index (χ1) is 14.4. The van der Waals surface area contributed by atoms with Crippen LogP contribution in [-0.4, -0.2) is 26.0 Å². The standard InChI is InChI=1S/C24H24N4O2/c1-4-16-5-11-20-21(13-16)27-28(26-20)22-12-10-19(14-23(22)29)25-24(30)18-8-6-17(7-9-18)15(2)3/h5-15,29H,4H2,1-3H3,(H,25,30). The van der Waals surface area contributed by atoms with Gasteiger partial charge in [0.1, 0.15) is 22.5 Å². The lowest BCUT2D eigenvalue weighted by Gasteiger charge is -2.09. The molecule has 4 aromatic rings. The molecule has 1 aromatic heterocycles. The van der Waals surface area contributed by atoms with Crippen molar-refractivity contribution in [2.75, 3.05) is 5.32 Å². The second-order valence-electron chi connectivity index (χ2n) is 7.60. The predicted octanol–water partition coefficient (Wildman–Crippen LogP) is 5.06. The van der Waals surface area contributed by atoms with Gasteiger partial charge in [-0.15, -0.1) is 15.0 Å². The Morgan fingerprint density at radius 3 is 2.40 bits per heavy atom. The number of hydrogen-bond acceptors (Lipinski definition) is 4. The maximum Gasteiger partial charge on any atom is 0.255 e. The van der Waals surface area contributed by atoms with Gasteiger partial charge in [-0.25, -0.2) is 0 Å².